The lowest BCUT2D eigenvalue weighted by atomic mass is 10.3. The van der Waals surface area contributed by atoms with E-state index in [1.165, 1.54) is 6.39 Å². The Balaban J connectivity index is 0.000000396. The molecule has 70 valence electrons. The quantitative estimate of drug-likeness (QED) is 0.698. The molecule has 0 saturated carbocycles. The Bertz CT molecular complexity index is 374. The SMILES string of the molecule is CC.FSc1ccc2ocnc2c1. The van der Waals surface area contributed by atoms with Crippen molar-refractivity contribution in [1.82, 2.24) is 4.98 Å². The average molecular weight is 199 g/mol. The van der Waals surface area contributed by atoms with Gasteiger partial charge in [-0.25, -0.2) is 4.98 Å². The highest BCUT2D eigenvalue weighted by atomic mass is 32.2. The number of benzene rings is 1. The maximum atomic E-state index is 12.0. The van der Waals surface area contributed by atoms with Crippen LogP contribution in [-0.2, 0) is 0 Å². The number of nitrogens with zero attached hydrogens (tertiary/aromatic N) is 1. The minimum atomic E-state index is 0.205. The van der Waals surface area contributed by atoms with Crippen LogP contribution in [0.2, 0.25) is 0 Å². The minimum absolute atomic E-state index is 0.205. The molecule has 2 rings (SSSR count). The molecule has 2 nitrogen and oxygen atoms in total. The van der Waals surface area contributed by atoms with Gasteiger partial charge in [0.1, 0.15) is 5.52 Å². The molecule has 0 aliphatic rings. The molecule has 0 amide bonds. The van der Waals surface area contributed by atoms with Crippen molar-refractivity contribution < 1.29 is 8.30 Å². The van der Waals surface area contributed by atoms with Gasteiger partial charge >= 0.3 is 0 Å². The van der Waals surface area contributed by atoms with Crippen molar-refractivity contribution in [2.24, 2.45) is 0 Å². The number of rotatable bonds is 1. The number of fused-ring (bicyclic) bond motifs is 1. The summed E-state index contributed by atoms with van der Waals surface area (Å²) in [5.41, 5.74) is 1.37. The third kappa shape index (κ3) is 2.21. The van der Waals surface area contributed by atoms with Gasteiger partial charge in [0.2, 0.25) is 0 Å². The first kappa shape index (κ1) is 10.1. The Morgan fingerprint density at radius 3 is 2.85 bits per heavy atom. The molecule has 13 heavy (non-hydrogen) atoms. The van der Waals surface area contributed by atoms with Gasteiger partial charge in [-0.05, 0) is 18.2 Å². The third-order valence-corrected chi connectivity index (χ3v) is 1.82. The fourth-order valence-corrected chi connectivity index (χ4v) is 1.16. The first-order chi connectivity index (χ1) is 6.40. The smallest absolute Gasteiger partial charge is 0.181 e. The molecule has 1 aromatic carbocycles. The summed E-state index contributed by atoms with van der Waals surface area (Å²) in [5.74, 6) is 0. The first-order valence-electron chi connectivity index (χ1n) is 4.02. The Labute approximate surface area is 80.4 Å². The zero-order chi connectivity index (χ0) is 9.68. The van der Waals surface area contributed by atoms with Gasteiger partial charge < -0.3 is 4.42 Å². The van der Waals surface area contributed by atoms with Crippen molar-refractivity contribution in [3.8, 4) is 0 Å². The van der Waals surface area contributed by atoms with Gasteiger partial charge in [-0.15, -0.1) is 0 Å². The maximum Gasteiger partial charge on any atom is 0.181 e. The molecule has 0 bridgehead atoms. The van der Waals surface area contributed by atoms with Crippen molar-refractivity contribution in [1.29, 1.82) is 0 Å². The molecule has 4 heteroatoms. The van der Waals surface area contributed by atoms with Gasteiger partial charge in [-0.3, -0.25) is 0 Å². The molecule has 0 N–H and O–H groups in total. The summed E-state index contributed by atoms with van der Waals surface area (Å²) in [4.78, 5) is 4.43. The first-order valence-corrected chi connectivity index (χ1v) is 4.73. The predicted molar refractivity (Wildman–Crippen MR) is 52.3 cm³/mol. The molecular weight excluding hydrogens is 189 g/mol. The maximum absolute atomic E-state index is 12.0. The van der Waals surface area contributed by atoms with Gasteiger partial charge in [0.05, 0.1) is 12.1 Å². The Morgan fingerprint density at radius 1 is 1.38 bits per heavy atom. The predicted octanol–water partition coefficient (Wildman–Crippen LogP) is 3.83. The second kappa shape index (κ2) is 4.87. The molecule has 0 aliphatic heterocycles. The monoisotopic (exact) mass is 199 g/mol. The lowest BCUT2D eigenvalue weighted by Crippen LogP contribution is -1.68. The van der Waals surface area contributed by atoms with Crippen molar-refractivity contribution in [2.45, 2.75) is 18.7 Å². The van der Waals surface area contributed by atoms with Crippen LogP contribution in [0.1, 0.15) is 13.8 Å². The van der Waals surface area contributed by atoms with Crippen molar-refractivity contribution in [2.75, 3.05) is 0 Å². The number of oxazole rings is 1. The van der Waals surface area contributed by atoms with Crippen LogP contribution in [0, 0.1) is 0 Å². The second-order valence-electron chi connectivity index (χ2n) is 2.06. The summed E-state index contributed by atoms with van der Waals surface area (Å²) in [5, 5.41) is 0. The highest BCUT2D eigenvalue weighted by Crippen LogP contribution is 2.22. The lowest BCUT2D eigenvalue weighted by Gasteiger charge is -1.89. The van der Waals surface area contributed by atoms with Crippen LogP contribution in [0.3, 0.4) is 0 Å². The molecule has 0 fully saturated rings. The van der Waals surface area contributed by atoms with Gasteiger partial charge in [-0.2, -0.15) is 3.89 Å². The van der Waals surface area contributed by atoms with E-state index in [0.717, 1.165) is 0 Å². The highest BCUT2D eigenvalue weighted by Gasteiger charge is 1.99. The summed E-state index contributed by atoms with van der Waals surface area (Å²) < 4.78 is 17.0. The molecule has 0 radical (unpaired) electrons. The highest BCUT2D eigenvalue weighted by molar-refractivity contribution is 7.94. The normalized spacial score (nSPS) is 9.46. The Hall–Kier alpha value is -1.03. The van der Waals surface area contributed by atoms with E-state index in [9.17, 15) is 3.89 Å². The van der Waals surface area contributed by atoms with Crippen molar-refractivity contribution in [3.63, 3.8) is 0 Å². The van der Waals surface area contributed by atoms with Gasteiger partial charge in [0, 0.05) is 4.90 Å². The van der Waals surface area contributed by atoms with Crippen LogP contribution in [-0.4, -0.2) is 4.98 Å². The standard InChI is InChI=1S/C7H4FNOS.C2H6/c8-11-5-1-2-7-6(3-5)9-4-10-7;1-2/h1-4H;1-2H3. The molecule has 0 unspecified atom stereocenters. The average Bonchev–Trinajstić information content (AvgIpc) is 2.67. The topological polar surface area (TPSA) is 26.0 Å². The summed E-state index contributed by atoms with van der Waals surface area (Å²) >= 11 is 0.205. The third-order valence-electron chi connectivity index (χ3n) is 1.39. The molecular formula is C9H10FNOS. The van der Waals surface area contributed by atoms with Crippen LogP contribution in [0.4, 0.5) is 3.89 Å². The van der Waals surface area contributed by atoms with E-state index in [0.29, 0.717) is 16.0 Å². The summed E-state index contributed by atoms with van der Waals surface area (Å²) in [6, 6.07) is 4.99. The van der Waals surface area contributed by atoms with E-state index in [4.69, 9.17) is 4.42 Å². The van der Waals surface area contributed by atoms with Crippen LogP contribution >= 0.6 is 12.1 Å². The molecule has 0 saturated heterocycles. The number of hydrogen-bond donors (Lipinski definition) is 0. The molecule has 0 atom stereocenters. The van der Waals surface area contributed by atoms with E-state index in [1.54, 1.807) is 18.2 Å². The van der Waals surface area contributed by atoms with E-state index >= 15 is 0 Å². The van der Waals surface area contributed by atoms with Crippen LogP contribution in [0.15, 0.2) is 33.9 Å². The number of hydrogen-bond acceptors (Lipinski definition) is 3. The van der Waals surface area contributed by atoms with Gasteiger partial charge in [0.15, 0.2) is 12.0 Å². The van der Waals surface area contributed by atoms with Gasteiger partial charge in [-0.1, -0.05) is 13.8 Å². The van der Waals surface area contributed by atoms with Gasteiger partial charge in [0.25, 0.3) is 0 Å². The Kier molecular flexibility index (Phi) is 3.76. The Morgan fingerprint density at radius 2 is 2.15 bits per heavy atom. The van der Waals surface area contributed by atoms with Crippen LogP contribution in [0.25, 0.3) is 11.1 Å². The summed E-state index contributed by atoms with van der Waals surface area (Å²) in [6.45, 7) is 4.00. The largest absolute Gasteiger partial charge is 0.443 e. The summed E-state index contributed by atoms with van der Waals surface area (Å²) in [7, 11) is 0. The second-order valence-corrected chi connectivity index (χ2v) is 2.68. The number of aromatic nitrogens is 1. The zero-order valence-electron chi connectivity index (χ0n) is 7.45. The van der Waals surface area contributed by atoms with Crippen molar-refractivity contribution in [3.05, 3.63) is 24.6 Å². The van der Waals surface area contributed by atoms with Crippen LogP contribution in [0.5, 0.6) is 0 Å². The van der Waals surface area contributed by atoms with E-state index < -0.39 is 0 Å². The molecule has 0 spiro atoms. The van der Waals surface area contributed by atoms with Crippen molar-refractivity contribution >= 4 is 23.2 Å². The molecule has 0 aliphatic carbocycles. The fourth-order valence-electron chi connectivity index (χ4n) is 0.886. The van der Waals surface area contributed by atoms with E-state index in [2.05, 4.69) is 4.98 Å². The molecule has 1 aromatic heterocycles. The van der Waals surface area contributed by atoms with E-state index in [-0.39, 0.29) is 12.1 Å². The van der Waals surface area contributed by atoms with E-state index in [1.807, 2.05) is 13.8 Å². The summed E-state index contributed by atoms with van der Waals surface area (Å²) in [6.07, 6.45) is 1.34. The molecule has 2 aromatic rings. The number of halogens is 1. The van der Waals surface area contributed by atoms with Crippen LogP contribution < -0.4 is 0 Å². The fraction of sp³-hybridized carbons (Fsp3) is 0.222. The molecule has 1 heterocycles. The zero-order valence-corrected chi connectivity index (χ0v) is 8.27. The minimum Gasteiger partial charge on any atom is -0.443 e. The lowest BCUT2D eigenvalue weighted by molar-refractivity contribution is 0.602.